The molecule has 42 heavy (non-hydrogen) atoms. The average Bonchev–Trinajstić information content (AvgIpc) is 3.44. The highest BCUT2D eigenvalue weighted by Gasteiger charge is 2.35. The van der Waals surface area contributed by atoms with Crippen molar-refractivity contribution in [3.63, 3.8) is 0 Å². The summed E-state index contributed by atoms with van der Waals surface area (Å²) in [6.07, 6.45) is 5.04. The fourth-order valence-electron chi connectivity index (χ4n) is 5.27. The third-order valence-electron chi connectivity index (χ3n) is 7.47. The molecule has 0 spiro atoms. The fourth-order valence-corrected chi connectivity index (χ4v) is 6.92. The maximum absolute atomic E-state index is 14.3. The summed E-state index contributed by atoms with van der Waals surface area (Å²) in [6, 6.07) is 18.2. The molecule has 1 fully saturated rings. The van der Waals surface area contributed by atoms with Gasteiger partial charge < -0.3 is 10.2 Å². The SMILES string of the molecule is Cc1cc(Cl)ccc1N(CC(=O)N(Cc1c(Cl)cccc1Cl)[C@@H](Cc1ccccc1)C(=O)NC1CCCC1)S(C)(=O)=O. The van der Waals surface area contributed by atoms with Gasteiger partial charge in [0, 0.05) is 39.6 Å². The van der Waals surface area contributed by atoms with Gasteiger partial charge in [0.25, 0.3) is 0 Å². The first-order valence-corrected chi connectivity index (χ1v) is 16.7. The van der Waals surface area contributed by atoms with Gasteiger partial charge in [0.05, 0.1) is 11.9 Å². The number of hydrogen-bond acceptors (Lipinski definition) is 4. The summed E-state index contributed by atoms with van der Waals surface area (Å²) in [5.74, 6) is -0.885. The fraction of sp³-hybridized carbons (Fsp3) is 0.355. The molecule has 0 heterocycles. The molecular formula is C31H34Cl3N3O4S. The number of sulfonamides is 1. The number of anilines is 1. The molecule has 1 aliphatic carbocycles. The second-order valence-corrected chi connectivity index (χ2v) is 13.8. The van der Waals surface area contributed by atoms with Gasteiger partial charge in [-0.25, -0.2) is 8.42 Å². The number of halogens is 3. The van der Waals surface area contributed by atoms with Crippen LogP contribution in [0.4, 0.5) is 5.69 Å². The average molecular weight is 651 g/mol. The Morgan fingerprint density at radius 1 is 0.952 bits per heavy atom. The van der Waals surface area contributed by atoms with Crippen molar-refractivity contribution in [1.29, 1.82) is 0 Å². The number of amides is 2. The number of nitrogens with one attached hydrogen (secondary N) is 1. The van der Waals surface area contributed by atoms with Crippen molar-refractivity contribution in [2.75, 3.05) is 17.1 Å². The maximum Gasteiger partial charge on any atom is 0.244 e. The quantitative estimate of drug-likeness (QED) is 0.260. The van der Waals surface area contributed by atoms with E-state index in [2.05, 4.69) is 5.32 Å². The lowest BCUT2D eigenvalue weighted by molar-refractivity contribution is -0.140. The van der Waals surface area contributed by atoms with E-state index in [0.717, 1.165) is 41.8 Å². The number of aryl methyl sites for hydroxylation is 1. The standard InChI is InChI=1S/C31H34Cl3N3O4S/c1-21-17-23(32)15-16-28(21)37(42(2,40)41)20-30(38)36(19-25-26(33)13-8-14-27(25)34)29(18-22-9-4-3-5-10-22)31(39)35-24-11-6-7-12-24/h3-5,8-10,13-17,24,29H,6-7,11-12,18-20H2,1-2H3,(H,35,39)/t29-/m0/s1. The van der Waals surface area contributed by atoms with Crippen molar-refractivity contribution in [2.24, 2.45) is 0 Å². The van der Waals surface area contributed by atoms with Gasteiger partial charge in [-0.05, 0) is 61.2 Å². The molecule has 0 bridgehead atoms. The minimum Gasteiger partial charge on any atom is -0.352 e. The van der Waals surface area contributed by atoms with Crippen molar-refractivity contribution in [3.05, 3.63) is 98.5 Å². The van der Waals surface area contributed by atoms with Crippen LogP contribution in [0.5, 0.6) is 0 Å². The van der Waals surface area contributed by atoms with Crippen LogP contribution in [0.1, 0.15) is 42.4 Å². The second kappa shape index (κ2) is 14.1. The van der Waals surface area contributed by atoms with Crippen LogP contribution in [0.2, 0.25) is 15.1 Å². The molecule has 224 valence electrons. The van der Waals surface area contributed by atoms with Crippen molar-refractivity contribution in [2.45, 2.75) is 57.7 Å². The lowest BCUT2D eigenvalue weighted by Crippen LogP contribution is -2.54. The molecule has 3 aromatic rings. The molecule has 1 atom stereocenters. The number of benzene rings is 3. The number of nitrogens with zero attached hydrogens (tertiary/aromatic N) is 2. The molecule has 0 saturated heterocycles. The predicted octanol–water partition coefficient (Wildman–Crippen LogP) is 6.42. The van der Waals surface area contributed by atoms with Crippen molar-refractivity contribution >= 4 is 62.3 Å². The van der Waals surface area contributed by atoms with E-state index in [1.165, 1.54) is 4.90 Å². The Morgan fingerprint density at radius 3 is 2.19 bits per heavy atom. The van der Waals surface area contributed by atoms with Gasteiger partial charge in [0.2, 0.25) is 21.8 Å². The zero-order valence-corrected chi connectivity index (χ0v) is 26.6. The highest BCUT2D eigenvalue weighted by Crippen LogP contribution is 2.29. The van der Waals surface area contributed by atoms with Crippen LogP contribution in [0.25, 0.3) is 0 Å². The molecule has 7 nitrogen and oxygen atoms in total. The van der Waals surface area contributed by atoms with Crippen molar-refractivity contribution in [1.82, 2.24) is 10.2 Å². The van der Waals surface area contributed by atoms with Gasteiger partial charge in [0.1, 0.15) is 12.6 Å². The summed E-state index contributed by atoms with van der Waals surface area (Å²) < 4.78 is 27.1. The van der Waals surface area contributed by atoms with Crippen LogP contribution < -0.4 is 9.62 Å². The largest absolute Gasteiger partial charge is 0.352 e. The number of carbonyl (C=O) groups excluding carboxylic acids is 2. The van der Waals surface area contributed by atoms with E-state index in [1.807, 2.05) is 30.3 Å². The Bertz CT molecular complexity index is 1510. The minimum atomic E-state index is -3.90. The molecule has 11 heteroatoms. The van der Waals surface area contributed by atoms with Gasteiger partial charge in [-0.15, -0.1) is 0 Å². The highest BCUT2D eigenvalue weighted by molar-refractivity contribution is 7.92. The minimum absolute atomic E-state index is 0.0147. The Balaban J connectivity index is 1.77. The van der Waals surface area contributed by atoms with Crippen LogP contribution in [-0.2, 0) is 32.6 Å². The third-order valence-corrected chi connectivity index (χ3v) is 9.54. The van der Waals surface area contributed by atoms with Crippen LogP contribution in [0.15, 0.2) is 66.7 Å². The molecule has 3 aromatic carbocycles. The van der Waals surface area contributed by atoms with Crippen LogP contribution >= 0.6 is 34.8 Å². The zero-order chi connectivity index (χ0) is 30.4. The predicted molar refractivity (Wildman–Crippen MR) is 170 cm³/mol. The van der Waals surface area contributed by atoms with Crippen LogP contribution in [-0.4, -0.2) is 50.0 Å². The van der Waals surface area contributed by atoms with E-state index in [-0.39, 0.29) is 24.9 Å². The van der Waals surface area contributed by atoms with E-state index in [1.54, 1.807) is 43.3 Å². The Kier molecular flexibility index (Phi) is 10.8. The maximum atomic E-state index is 14.3. The number of hydrogen-bond donors (Lipinski definition) is 1. The Hall–Kier alpha value is -2.78. The van der Waals surface area contributed by atoms with Gasteiger partial charge in [-0.2, -0.15) is 0 Å². The van der Waals surface area contributed by atoms with Gasteiger partial charge in [-0.3, -0.25) is 13.9 Å². The molecule has 2 amide bonds. The number of rotatable bonds is 11. The second-order valence-electron chi connectivity index (χ2n) is 10.6. The van der Waals surface area contributed by atoms with E-state index < -0.39 is 28.5 Å². The summed E-state index contributed by atoms with van der Waals surface area (Å²) in [6.45, 7) is 1.09. The van der Waals surface area contributed by atoms with Crippen molar-refractivity contribution < 1.29 is 18.0 Å². The van der Waals surface area contributed by atoms with Crippen LogP contribution in [0, 0.1) is 6.92 Å². The van der Waals surface area contributed by atoms with E-state index in [0.29, 0.717) is 31.9 Å². The lowest BCUT2D eigenvalue weighted by atomic mass is 10.0. The normalized spacial score (nSPS) is 14.4. The lowest BCUT2D eigenvalue weighted by Gasteiger charge is -2.34. The molecule has 4 rings (SSSR count). The molecule has 1 N–H and O–H groups in total. The summed E-state index contributed by atoms with van der Waals surface area (Å²) in [4.78, 5) is 29.6. The van der Waals surface area contributed by atoms with Crippen molar-refractivity contribution in [3.8, 4) is 0 Å². The van der Waals surface area contributed by atoms with E-state index in [9.17, 15) is 18.0 Å². The Morgan fingerprint density at radius 2 is 1.60 bits per heavy atom. The molecular weight excluding hydrogens is 617 g/mol. The summed E-state index contributed by atoms with van der Waals surface area (Å²) >= 11 is 19.2. The number of carbonyl (C=O) groups is 2. The van der Waals surface area contributed by atoms with E-state index >= 15 is 0 Å². The summed E-state index contributed by atoms with van der Waals surface area (Å²) in [7, 11) is -3.90. The van der Waals surface area contributed by atoms with Gasteiger partial charge >= 0.3 is 0 Å². The first-order valence-electron chi connectivity index (χ1n) is 13.7. The third kappa shape index (κ3) is 8.19. The van der Waals surface area contributed by atoms with Gasteiger partial charge in [-0.1, -0.05) is 84.0 Å². The summed E-state index contributed by atoms with van der Waals surface area (Å²) in [5.41, 5.74) is 2.22. The first-order chi connectivity index (χ1) is 19.9. The molecule has 0 radical (unpaired) electrons. The van der Waals surface area contributed by atoms with Gasteiger partial charge in [0.15, 0.2) is 0 Å². The molecule has 1 aliphatic rings. The monoisotopic (exact) mass is 649 g/mol. The molecule has 0 aliphatic heterocycles. The zero-order valence-electron chi connectivity index (χ0n) is 23.5. The van der Waals surface area contributed by atoms with E-state index in [4.69, 9.17) is 34.8 Å². The molecule has 0 unspecified atom stereocenters. The molecule has 0 aromatic heterocycles. The molecule has 1 saturated carbocycles. The highest BCUT2D eigenvalue weighted by atomic mass is 35.5. The Labute approximate surface area is 262 Å². The summed E-state index contributed by atoms with van der Waals surface area (Å²) in [5, 5.41) is 4.25. The first kappa shape index (κ1) is 32.1. The van der Waals surface area contributed by atoms with Crippen LogP contribution in [0.3, 0.4) is 0 Å². The smallest absolute Gasteiger partial charge is 0.244 e. The topological polar surface area (TPSA) is 86.8 Å².